The Morgan fingerprint density at radius 3 is 1.79 bits per heavy atom. The Bertz CT molecular complexity index is 1080. The number of anilines is 1. The van der Waals surface area contributed by atoms with Crippen molar-refractivity contribution in [2.24, 2.45) is 5.73 Å². The zero-order valence-electron chi connectivity index (χ0n) is 18.1. The molecule has 0 fully saturated rings. The fourth-order valence-electron chi connectivity index (χ4n) is 3.16. The van der Waals surface area contributed by atoms with Crippen LogP contribution in [-0.2, 0) is 32.3 Å². The van der Waals surface area contributed by atoms with Crippen LogP contribution in [0, 0.1) is 0 Å². The molecule has 170 valence electrons. The Labute approximate surface area is 192 Å². The van der Waals surface area contributed by atoms with Gasteiger partial charge in [-0.2, -0.15) is 0 Å². The molecule has 4 N–H and O–H groups in total. The summed E-state index contributed by atoms with van der Waals surface area (Å²) in [5, 5.41) is 0. The van der Waals surface area contributed by atoms with E-state index in [4.69, 9.17) is 20.9 Å². The Hall–Kier alpha value is -3.97. The number of nitrogen functional groups attached to an aromatic ring is 1. The predicted molar refractivity (Wildman–Crippen MR) is 124 cm³/mol. The lowest BCUT2D eigenvalue weighted by Gasteiger charge is -2.26. The summed E-state index contributed by atoms with van der Waals surface area (Å²) in [6.07, 6.45) is -0.498. The first-order chi connectivity index (χ1) is 15.9. The van der Waals surface area contributed by atoms with Gasteiger partial charge in [-0.05, 0) is 41.8 Å². The highest BCUT2D eigenvalue weighted by Gasteiger charge is 2.44. The molecule has 0 saturated heterocycles. The average molecular weight is 447 g/mol. The molecule has 0 aromatic heterocycles. The van der Waals surface area contributed by atoms with E-state index in [-0.39, 0.29) is 31.6 Å². The molecule has 1 atom stereocenters. The Morgan fingerprint density at radius 1 is 0.727 bits per heavy atom. The first-order valence-corrected chi connectivity index (χ1v) is 10.5. The highest BCUT2D eigenvalue weighted by Crippen LogP contribution is 2.21. The molecule has 0 amide bonds. The van der Waals surface area contributed by atoms with E-state index in [0.29, 0.717) is 5.69 Å². The van der Waals surface area contributed by atoms with E-state index in [1.807, 2.05) is 36.4 Å². The highest BCUT2D eigenvalue weighted by atomic mass is 16.5. The predicted octanol–water partition coefficient (Wildman–Crippen LogP) is 3.42. The topological polar surface area (TPSA) is 122 Å². The second-order valence-corrected chi connectivity index (χ2v) is 7.63. The third kappa shape index (κ3) is 6.51. The first kappa shape index (κ1) is 23.7. The molecule has 3 aromatic rings. The summed E-state index contributed by atoms with van der Waals surface area (Å²) >= 11 is 0. The number of ether oxygens (including phenoxy) is 2. The molecule has 7 nitrogen and oxygen atoms in total. The van der Waals surface area contributed by atoms with Crippen LogP contribution < -0.4 is 11.5 Å². The maximum absolute atomic E-state index is 13.2. The third-order valence-electron chi connectivity index (χ3n) is 5.12. The molecule has 0 radical (unpaired) electrons. The first-order valence-electron chi connectivity index (χ1n) is 10.5. The minimum Gasteiger partial charge on any atom is -0.461 e. The van der Waals surface area contributed by atoms with Crippen molar-refractivity contribution < 1.29 is 23.9 Å². The van der Waals surface area contributed by atoms with E-state index >= 15 is 0 Å². The van der Waals surface area contributed by atoms with E-state index < -0.39 is 23.3 Å². The van der Waals surface area contributed by atoms with Gasteiger partial charge < -0.3 is 20.9 Å². The van der Waals surface area contributed by atoms with Crippen LogP contribution in [0.3, 0.4) is 0 Å². The van der Waals surface area contributed by atoms with Crippen molar-refractivity contribution in [3.8, 4) is 0 Å². The molecule has 3 aromatic carbocycles. The van der Waals surface area contributed by atoms with Gasteiger partial charge in [0.1, 0.15) is 13.2 Å². The molecule has 7 heteroatoms. The minimum absolute atomic E-state index is 0.0495. The van der Waals surface area contributed by atoms with Crippen molar-refractivity contribution in [1.29, 1.82) is 0 Å². The van der Waals surface area contributed by atoms with Crippen molar-refractivity contribution in [2.75, 3.05) is 5.73 Å². The quantitative estimate of drug-likeness (QED) is 0.212. The van der Waals surface area contributed by atoms with E-state index in [9.17, 15) is 14.4 Å². The highest BCUT2D eigenvalue weighted by molar-refractivity contribution is 6.16. The van der Waals surface area contributed by atoms with Crippen LogP contribution in [0.25, 0.3) is 0 Å². The second-order valence-electron chi connectivity index (χ2n) is 7.63. The average Bonchev–Trinajstić information content (AvgIpc) is 2.85. The van der Waals surface area contributed by atoms with Crippen molar-refractivity contribution in [3.05, 3.63) is 102 Å². The second kappa shape index (κ2) is 11.1. The molecule has 3 rings (SSSR count). The summed E-state index contributed by atoms with van der Waals surface area (Å²) in [5.41, 5.74) is 12.2. The number of rotatable bonds is 10. The van der Waals surface area contributed by atoms with Crippen LogP contribution in [0.15, 0.2) is 84.9 Å². The van der Waals surface area contributed by atoms with Gasteiger partial charge in [0.05, 0.1) is 0 Å². The molecule has 0 aliphatic carbocycles. The number of esters is 2. The van der Waals surface area contributed by atoms with Gasteiger partial charge >= 0.3 is 11.9 Å². The summed E-state index contributed by atoms with van der Waals surface area (Å²) < 4.78 is 10.6. The number of hydrogen-bond acceptors (Lipinski definition) is 7. The normalized spacial score (nSPS) is 12.4. The van der Waals surface area contributed by atoms with Crippen LogP contribution in [0.1, 0.15) is 34.3 Å². The number of Topliss-reactive ketones (excluding diaryl/α,β-unsaturated/α-hetero) is 1. The summed E-state index contributed by atoms with van der Waals surface area (Å²) in [6, 6.07) is 24.2. The number of carbonyl (C=O) groups excluding carboxylic acids is 3. The molecule has 0 heterocycles. The van der Waals surface area contributed by atoms with Gasteiger partial charge in [0, 0.05) is 17.7 Å². The smallest absolute Gasteiger partial charge is 0.334 e. The van der Waals surface area contributed by atoms with E-state index in [1.54, 1.807) is 24.3 Å². The lowest BCUT2D eigenvalue weighted by Crippen LogP contribution is -2.56. The molecular weight excluding hydrogens is 420 g/mol. The Kier molecular flexibility index (Phi) is 7.94. The fourth-order valence-corrected chi connectivity index (χ4v) is 3.16. The molecule has 0 aliphatic rings. The van der Waals surface area contributed by atoms with E-state index in [1.165, 1.54) is 24.3 Å². The van der Waals surface area contributed by atoms with Gasteiger partial charge in [0.2, 0.25) is 0 Å². The fraction of sp³-hybridized carbons (Fsp3) is 0.192. The standard InChI is InChI=1S/C26H26N2O5/c27-22-13-11-21(12-14-22)24(30)26(28,25(31)33-18-20-9-5-2-6-10-20)16-15-23(29)32-17-19-7-3-1-4-8-19/h1-14H,15-18,27-28H2. The van der Waals surface area contributed by atoms with Crippen molar-refractivity contribution >= 4 is 23.4 Å². The largest absolute Gasteiger partial charge is 0.461 e. The van der Waals surface area contributed by atoms with Crippen LogP contribution in [0.5, 0.6) is 0 Å². The summed E-state index contributed by atoms with van der Waals surface area (Å²) in [5.74, 6) is -2.14. The van der Waals surface area contributed by atoms with Gasteiger partial charge in [-0.1, -0.05) is 60.7 Å². The molecular formula is C26H26N2O5. The zero-order valence-corrected chi connectivity index (χ0v) is 18.1. The number of hydrogen-bond donors (Lipinski definition) is 2. The van der Waals surface area contributed by atoms with E-state index in [2.05, 4.69) is 0 Å². The third-order valence-corrected chi connectivity index (χ3v) is 5.12. The maximum atomic E-state index is 13.2. The van der Waals surface area contributed by atoms with Gasteiger partial charge in [-0.15, -0.1) is 0 Å². The van der Waals surface area contributed by atoms with E-state index in [0.717, 1.165) is 11.1 Å². The Balaban J connectivity index is 1.70. The van der Waals surface area contributed by atoms with Gasteiger partial charge in [-0.3, -0.25) is 9.59 Å². The minimum atomic E-state index is -2.06. The number of ketones is 1. The summed E-state index contributed by atoms with van der Waals surface area (Å²) in [6.45, 7) is 0.0354. The monoisotopic (exact) mass is 446 g/mol. The molecule has 0 spiro atoms. The van der Waals surface area contributed by atoms with Crippen LogP contribution in [0.4, 0.5) is 5.69 Å². The van der Waals surface area contributed by atoms with Gasteiger partial charge in [0.25, 0.3) is 0 Å². The van der Waals surface area contributed by atoms with Gasteiger partial charge in [-0.25, -0.2) is 4.79 Å². The lowest BCUT2D eigenvalue weighted by molar-refractivity contribution is -0.150. The van der Waals surface area contributed by atoms with Crippen molar-refractivity contribution in [1.82, 2.24) is 0 Å². The number of carbonyl (C=O) groups is 3. The van der Waals surface area contributed by atoms with Crippen molar-refractivity contribution in [2.45, 2.75) is 31.6 Å². The molecule has 0 saturated carbocycles. The number of benzene rings is 3. The SMILES string of the molecule is Nc1ccc(C(=O)C(N)(CCC(=O)OCc2ccccc2)C(=O)OCc2ccccc2)cc1. The number of nitrogens with two attached hydrogens (primary N) is 2. The zero-order chi connectivity index (χ0) is 23.7. The molecule has 0 bridgehead atoms. The molecule has 0 aliphatic heterocycles. The van der Waals surface area contributed by atoms with Crippen molar-refractivity contribution in [3.63, 3.8) is 0 Å². The summed E-state index contributed by atoms with van der Waals surface area (Å²) in [4.78, 5) is 38.5. The van der Waals surface area contributed by atoms with Crippen LogP contribution in [0.2, 0.25) is 0 Å². The van der Waals surface area contributed by atoms with Crippen LogP contribution >= 0.6 is 0 Å². The lowest BCUT2D eigenvalue weighted by atomic mass is 9.85. The Morgan fingerprint density at radius 2 is 1.24 bits per heavy atom. The maximum Gasteiger partial charge on any atom is 0.334 e. The summed E-state index contributed by atoms with van der Waals surface area (Å²) in [7, 11) is 0. The molecule has 1 unspecified atom stereocenters. The molecule has 33 heavy (non-hydrogen) atoms. The van der Waals surface area contributed by atoms with Gasteiger partial charge in [0.15, 0.2) is 11.3 Å². The van der Waals surface area contributed by atoms with Crippen LogP contribution in [-0.4, -0.2) is 23.3 Å².